The first kappa shape index (κ1) is 20.9. The molecular formula is C18H23N5O5. The van der Waals surface area contributed by atoms with Crippen molar-refractivity contribution in [3.63, 3.8) is 0 Å². The molecule has 1 aliphatic heterocycles. The van der Waals surface area contributed by atoms with E-state index in [1.807, 2.05) is 0 Å². The van der Waals surface area contributed by atoms with E-state index in [-0.39, 0.29) is 44.2 Å². The van der Waals surface area contributed by atoms with Crippen molar-refractivity contribution in [2.75, 3.05) is 31.5 Å². The summed E-state index contributed by atoms with van der Waals surface area (Å²) in [6.45, 7) is 0.886. The maximum Gasteiger partial charge on any atom is 0.312 e. The Bertz CT molecular complexity index is 777. The standard InChI is InChI=1S/C18H23N5O5/c19-16(20)12-3-5-13(6-4-12)21-14(24)2-1-8-22-10-11-23(9-7-15(25)26)18(28)17(22)27/h3-6H,1-2,7-11H2,(H3,19,20)(H,21,24)(H,25,26). The van der Waals surface area contributed by atoms with Gasteiger partial charge in [-0.05, 0) is 30.7 Å². The summed E-state index contributed by atoms with van der Waals surface area (Å²) in [4.78, 5) is 49.3. The highest BCUT2D eigenvalue weighted by atomic mass is 16.4. The molecule has 0 bridgehead atoms. The second kappa shape index (κ2) is 9.49. The van der Waals surface area contributed by atoms with Crippen molar-refractivity contribution in [3.8, 4) is 0 Å². The molecule has 1 heterocycles. The van der Waals surface area contributed by atoms with Crippen molar-refractivity contribution < 1.29 is 24.3 Å². The number of anilines is 1. The van der Waals surface area contributed by atoms with Crippen molar-refractivity contribution in [3.05, 3.63) is 29.8 Å². The second-order valence-corrected chi connectivity index (χ2v) is 6.37. The van der Waals surface area contributed by atoms with Gasteiger partial charge >= 0.3 is 17.8 Å². The Balaban J connectivity index is 1.74. The summed E-state index contributed by atoms with van der Waals surface area (Å²) in [6.07, 6.45) is 0.368. The van der Waals surface area contributed by atoms with Crippen molar-refractivity contribution in [2.45, 2.75) is 19.3 Å². The lowest BCUT2D eigenvalue weighted by molar-refractivity contribution is -0.156. The molecule has 2 rings (SSSR count). The third-order valence-corrected chi connectivity index (χ3v) is 4.30. The maximum atomic E-state index is 12.1. The van der Waals surface area contributed by atoms with Crippen molar-refractivity contribution >= 4 is 35.2 Å². The van der Waals surface area contributed by atoms with Crippen LogP contribution < -0.4 is 11.1 Å². The van der Waals surface area contributed by atoms with E-state index in [2.05, 4.69) is 5.32 Å². The number of nitrogen functional groups attached to an aromatic ring is 1. The van der Waals surface area contributed by atoms with Gasteiger partial charge in [0.05, 0.1) is 6.42 Å². The summed E-state index contributed by atoms with van der Waals surface area (Å²) in [5, 5.41) is 18.7. The first-order chi connectivity index (χ1) is 13.3. The minimum absolute atomic E-state index is 0.0125. The minimum atomic E-state index is -1.02. The van der Waals surface area contributed by atoms with E-state index in [1.54, 1.807) is 24.3 Å². The Morgan fingerprint density at radius 3 is 2.14 bits per heavy atom. The number of carbonyl (C=O) groups excluding carboxylic acids is 3. The third kappa shape index (κ3) is 5.79. The highest BCUT2D eigenvalue weighted by Crippen LogP contribution is 2.11. The van der Waals surface area contributed by atoms with Gasteiger partial charge in [-0.25, -0.2) is 0 Å². The van der Waals surface area contributed by atoms with Gasteiger partial charge < -0.3 is 26.0 Å². The monoisotopic (exact) mass is 389 g/mol. The molecule has 0 saturated carbocycles. The van der Waals surface area contributed by atoms with Gasteiger partial charge in [-0.3, -0.25) is 24.6 Å². The van der Waals surface area contributed by atoms with Gasteiger partial charge in [-0.2, -0.15) is 0 Å². The highest BCUT2D eigenvalue weighted by molar-refractivity contribution is 6.35. The van der Waals surface area contributed by atoms with Crippen LogP contribution in [0, 0.1) is 5.41 Å². The Morgan fingerprint density at radius 2 is 1.61 bits per heavy atom. The summed E-state index contributed by atoms with van der Waals surface area (Å²) in [5.74, 6) is -2.68. The number of hydrogen-bond acceptors (Lipinski definition) is 5. The lowest BCUT2D eigenvalue weighted by Gasteiger charge is -2.33. The maximum absolute atomic E-state index is 12.1. The van der Waals surface area contributed by atoms with Gasteiger partial charge in [0.2, 0.25) is 5.91 Å². The van der Waals surface area contributed by atoms with E-state index in [1.165, 1.54) is 9.80 Å². The summed E-state index contributed by atoms with van der Waals surface area (Å²) in [7, 11) is 0. The zero-order valence-corrected chi connectivity index (χ0v) is 15.3. The molecular weight excluding hydrogens is 366 g/mol. The Hall–Kier alpha value is -3.43. The normalized spacial score (nSPS) is 14.1. The van der Waals surface area contributed by atoms with Crippen LogP contribution in [-0.4, -0.2) is 70.6 Å². The number of amidine groups is 1. The summed E-state index contributed by atoms with van der Waals surface area (Å²) < 4.78 is 0. The molecule has 5 N–H and O–H groups in total. The van der Waals surface area contributed by atoms with Crippen LogP contribution in [0.5, 0.6) is 0 Å². The molecule has 0 aliphatic carbocycles. The van der Waals surface area contributed by atoms with Gasteiger partial charge in [0, 0.05) is 43.9 Å². The minimum Gasteiger partial charge on any atom is -0.481 e. The molecule has 10 heteroatoms. The number of hydrogen-bond donors (Lipinski definition) is 4. The van der Waals surface area contributed by atoms with Gasteiger partial charge in [0.15, 0.2) is 0 Å². The molecule has 1 aromatic rings. The number of benzene rings is 1. The van der Waals surface area contributed by atoms with E-state index in [9.17, 15) is 19.2 Å². The number of nitrogens with one attached hydrogen (secondary N) is 2. The van der Waals surface area contributed by atoms with Crippen LogP contribution >= 0.6 is 0 Å². The van der Waals surface area contributed by atoms with Crippen molar-refractivity contribution in [1.82, 2.24) is 9.80 Å². The summed E-state index contributed by atoms with van der Waals surface area (Å²) in [6, 6.07) is 6.55. The molecule has 0 atom stereocenters. The van der Waals surface area contributed by atoms with E-state index >= 15 is 0 Å². The zero-order valence-electron chi connectivity index (χ0n) is 15.3. The van der Waals surface area contributed by atoms with Crippen LogP contribution in [0.15, 0.2) is 24.3 Å². The van der Waals surface area contributed by atoms with Gasteiger partial charge in [-0.15, -0.1) is 0 Å². The van der Waals surface area contributed by atoms with Crippen LogP contribution in [0.4, 0.5) is 5.69 Å². The van der Waals surface area contributed by atoms with Crippen molar-refractivity contribution in [2.24, 2.45) is 5.73 Å². The first-order valence-corrected chi connectivity index (χ1v) is 8.82. The first-order valence-electron chi connectivity index (χ1n) is 8.82. The molecule has 0 unspecified atom stereocenters. The Labute approximate surface area is 161 Å². The number of carboxylic acid groups (broad SMARTS) is 1. The van der Waals surface area contributed by atoms with Crippen LogP contribution in [0.1, 0.15) is 24.8 Å². The Kier molecular flexibility index (Phi) is 7.08. The lowest BCUT2D eigenvalue weighted by Crippen LogP contribution is -2.54. The predicted molar refractivity (Wildman–Crippen MR) is 101 cm³/mol. The molecule has 1 fully saturated rings. The number of aliphatic carboxylic acids is 1. The fourth-order valence-electron chi connectivity index (χ4n) is 2.76. The average Bonchev–Trinajstić information content (AvgIpc) is 2.64. The zero-order chi connectivity index (χ0) is 20.7. The number of carbonyl (C=O) groups is 4. The molecule has 0 radical (unpaired) electrons. The van der Waals surface area contributed by atoms with Crippen LogP contribution in [0.3, 0.4) is 0 Å². The number of nitrogens with two attached hydrogens (primary N) is 1. The number of piperazine rings is 1. The second-order valence-electron chi connectivity index (χ2n) is 6.37. The quantitative estimate of drug-likeness (QED) is 0.261. The fraction of sp³-hybridized carbons (Fsp3) is 0.389. The van der Waals surface area contributed by atoms with Crippen molar-refractivity contribution in [1.29, 1.82) is 5.41 Å². The molecule has 1 saturated heterocycles. The number of rotatable bonds is 9. The van der Waals surface area contributed by atoms with Crippen LogP contribution in [0.25, 0.3) is 0 Å². The van der Waals surface area contributed by atoms with E-state index < -0.39 is 17.8 Å². The van der Waals surface area contributed by atoms with Gasteiger partial charge in [0.1, 0.15) is 5.84 Å². The average molecular weight is 389 g/mol. The molecule has 28 heavy (non-hydrogen) atoms. The van der Waals surface area contributed by atoms with Gasteiger partial charge in [-0.1, -0.05) is 0 Å². The topological polar surface area (TPSA) is 157 Å². The number of nitrogens with zero attached hydrogens (tertiary/aromatic N) is 2. The lowest BCUT2D eigenvalue weighted by atomic mass is 10.2. The molecule has 0 aromatic heterocycles. The smallest absolute Gasteiger partial charge is 0.312 e. The van der Waals surface area contributed by atoms with Gasteiger partial charge in [0.25, 0.3) is 0 Å². The molecule has 150 valence electrons. The molecule has 1 aliphatic rings. The van der Waals surface area contributed by atoms with Crippen LogP contribution in [0.2, 0.25) is 0 Å². The largest absolute Gasteiger partial charge is 0.481 e. The molecule has 3 amide bonds. The molecule has 1 aromatic carbocycles. The van der Waals surface area contributed by atoms with E-state index in [0.29, 0.717) is 24.2 Å². The number of amides is 3. The highest BCUT2D eigenvalue weighted by Gasteiger charge is 2.32. The Morgan fingerprint density at radius 1 is 1.04 bits per heavy atom. The summed E-state index contributed by atoms with van der Waals surface area (Å²) >= 11 is 0. The third-order valence-electron chi connectivity index (χ3n) is 4.30. The van der Waals surface area contributed by atoms with E-state index in [4.69, 9.17) is 16.2 Å². The van der Waals surface area contributed by atoms with E-state index in [0.717, 1.165) is 0 Å². The molecule has 0 spiro atoms. The number of carboxylic acids is 1. The summed E-state index contributed by atoms with van der Waals surface area (Å²) in [5.41, 5.74) is 6.51. The molecule has 10 nitrogen and oxygen atoms in total. The SMILES string of the molecule is N=C(N)c1ccc(NC(=O)CCCN2CCN(CCC(=O)O)C(=O)C2=O)cc1. The fourth-order valence-corrected chi connectivity index (χ4v) is 2.76. The van der Waals surface area contributed by atoms with Crippen LogP contribution in [-0.2, 0) is 19.2 Å². The predicted octanol–water partition coefficient (Wildman–Crippen LogP) is -0.165.